The lowest BCUT2D eigenvalue weighted by molar-refractivity contribution is -0.134. The molecule has 1 aromatic carbocycles. The van der Waals surface area contributed by atoms with E-state index in [1.807, 2.05) is 58.2 Å². The van der Waals surface area contributed by atoms with Crippen LogP contribution >= 0.6 is 0 Å². The summed E-state index contributed by atoms with van der Waals surface area (Å²) >= 11 is 0. The Morgan fingerprint density at radius 1 is 1.21 bits per heavy atom. The lowest BCUT2D eigenvalue weighted by Crippen LogP contribution is -2.38. The van der Waals surface area contributed by atoms with Crippen molar-refractivity contribution < 1.29 is 14.3 Å². The van der Waals surface area contributed by atoms with Crippen LogP contribution in [-0.4, -0.2) is 35.6 Å². The van der Waals surface area contributed by atoms with Crippen LogP contribution in [0.3, 0.4) is 0 Å². The van der Waals surface area contributed by atoms with Crippen LogP contribution in [0.5, 0.6) is 0 Å². The van der Waals surface area contributed by atoms with E-state index in [1.165, 1.54) is 0 Å². The molecule has 0 unspecified atom stereocenters. The van der Waals surface area contributed by atoms with Gasteiger partial charge in [0.1, 0.15) is 5.60 Å². The van der Waals surface area contributed by atoms with Gasteiger partial charge in [-0.05, 0) is 45.6 Å². The fraction of sp³-hybridized carbons (Fsp3) is 0.579. The van der Waals surface area contributed by atoms with E-state index in [0.29, 0.717) is 13.0 Å². The first kappa shape index (κ1) is 18.3. The molecule has 1 aromatic rings. The molecule has 2 amide bonds. The van der Waals surface area contributed by atoms with Crippen molar-refractivity contribution in [3.05, 3.63) is 35.9 Å². The Labute approximate surface area is 144 Å². The van der Waals surface area contributed by atoms with Crippen LogP contribution < -0.4 is 5.32 Å². The van der Waals surface area contributed by atoms with Crippen LogP contribution in [0.1, 0.15) is 45.6 Å². The molecule has 1 aliphatic rings. The standard InChI is InChI=1S/C19H28N2O3/c1-19(2,3)24-18(23)20-16-11-10-15(12-16)17(22)21(4)13-14-8-6-5-7-9-14/h5-9,15-16H,10-13H2,1-4H3,(H,20,23)/t15-,16+/m1/s1. The van der Waals surface area contributed by atoms with Crippen molar-refractivity contribution in [2.75, 3.05) is 7.05 Å². The minimum atomic E-state index is -0.506. The molecule has 0 radical (unpaired) electrons. The number of benzene rings is 1. The number of hydrogen-bond donors (Lipinski definition) is 1. The van der Waals surface area contributed by atoms with Gasteiger partial charge in [-0.2, -0.15) is 0 Å². The first-order chi connectivity index (χ1) is 11.2. The summed E-state index contributed by atoms with van der Waals surface area (Å²) in [5.74, 6) is 0.117. The van der Waals surface area contributed by atoms with Gasteiger partial charge in [-0.3, -0.25) is 4.79 Å². The number of rotatable bonds is 4. The third-order valence-corrected chi connectivity index (χ3v) is 4.14. The molecule has 0 aromatic heterocycles. The maximum atomic E-state index is 12.6. The monoisotopic (exact) mass is 332 g/mol. The molecule has 0 saturated heterocycles. The SMILES string of the molecule is CN(Cc1ccccc1)C(=O)[C@@H]1CC[C@H](NC(=O)OC(C)(C)C)C1. The number of ether oxygens (including phenoxy) is 1. The Balaban J connectivity index is 1.81. The van der Waals surface area contributed by atoms with Crippen LogP contribution in [-0.2, 0) is 16.1 Å². The van der Waals surface area contributed by atoms with Crippen LogP contribution in [0.2, 0.25) is 0 Å². The van der Waals surface area contributed by atoms with E-state index in [9.17, 15) is 9.59 Å². The molecule has 0 bridgehead atoms. The molecular weight excluding hydrogens is 304 g/mol. The van der Waals surface area contributed by atoms with Crippen molar-refractivity contribution in [1.29, 1.82) is 0 Å². The highest BCUT2D eigenvalue weighted by Gasteiger charge is 2.33. The largest absolute Gasteiger partial charge is 0.444 e. The van der Waals surface area contributed by atoms with Gasteiger partial charge in [0, 0.05) is 25.6 Å². The van der Waals surface area contributed by atoms with Gasteiger partial charge in [0.2, 0.25) is 5.91 Å². The highest BCUT2D eigenvalue weighted by Crippen LogP contribution is 2.27. The summed E-state index contributed by atoms with van der Waals surface area (Å²) in [6.07, 6.45) is 1.89. The quantitative estimate of drug-likeness (QED) is 0.920. The van der Waals surface area contributed by atoms with Gasteiger partial charge in [-0.1, -0.05) is 30.3 Å². The molecule has 5 heteroatoms. The molecule has 24 heavy (non-hydrogen) atoms. The van der Waals surface area contributed by atoms with E-state index in [0.717, 1.165) is 18.4 Å². The molecule has 0 heterocycles. The predicted molar refractivity (Wildman–Crippen MR) is 93.4 cm³/mol. The maximum Gasteiger partial charge on any atom is 0.407 e. The first-order valence-electron chi connectivity index (χ1n) is 8.53. The molecule has 1 N–H and O–H groups in total. The molecule has 2 rings (SSSR count). The average Bonchev–Trinajstić information content (AvgIpc) is 2.93. The van der Waals surface area contributed by atoms with E-state index in [1.54, 1.807) is 4.90 Å². The fourth-order valence-corrected chi connectivity index (χ4v) is 3.06. The van der Waals surface area contributed by atoms with Gasteiger partial charge in [0.15, 0.2) is 0 Å². The third kappa shape index (κ3) is 5.55. The molecule has 132 valence electrons. The summed E-state index contributed by atoms with van der Waals surface area (Å²) < 4.78 is 5.28. The average molecular weight is 332 g/mol. The Morgan fingerprint density at radius 3 is 2.50 bits per heavy atom. The minimum Gasteiger partial charge on any atom is -0.444 e. The van der Waals surface area contributed by atoms with Gasteiger partial charge < -0.3 is 15.0 Å². The zero-order valence-corrected chi connectivity index (χ0v) is 15.0. The summed E-state index contributed by atoms with van der Waals surface area (Å²) in [6.45, 7) is 6.13. The predicted octanol–water partition coefficient (Wildman–Crippen LogP) is 3.34. The summed E-state index contributed by atoms with van der Waals surface area (Å²) in [7, 11) is 1.84. The summed E-state index contributed by atoms with van der Waals surface area (Å²) in [5, 5.41) is 2.88. The van der Waals surface area contributed by atoms with Crippen molar-refractivity contribution in [2.24, 2.45) is 5.92 Å². The summed E-state index contributed by atoms with van der Waals surface area (Å²) in [5.41, 5.74) is 0.614. The van der Waals surface area contributed by atoms with Gasteiger partial charge in [-0.25, -0.2) is 4.79 Å². The molecule has 5 nitrogen and oxygen atoms in total. The number of carbonyl (C=O) groups excluding carboxylic acids is 2. The van der Waals surface area contributed by atoms with Gasteiger partial charge in [0.25, 0.3) is 0 Å². The zero-order valence-electron chi connectivity index (χ0n) is 15.0. The topological polar surface area (TPSA) is 58.6 Å². The lowest BCUT2D eigenvalue weighted by Gasteiger charge is -2.23. The second-order valence-corrected chi connectivity index (χ2v) is 7.53. The van der Waals surface area contributed by atoms with E-state index < -0.39 is 11.7 Å². The number of nitrogens with zero attached hydrogens (tertiary/aromatic N) is 1. The smallest absolute Gasteiger partial charge is 0.407 e. The van der Waals surface area contributed by atoms with Crippen molar-refractivity contribution in [3.63, 3.8) is 0 Å². The molecule has 1 saturated carbocycles. The Morgan fingerprint density at radius 2 is 1.88 bits per heavy atom. The summed E-state index contributed by atoms with van der Waals surface area (Å²) in [6, 6.07) is 9.97. The Kier molecular flexibility index (Phi) is 5.86. The molecule has 1 fully saturated rings. The van der Waals surface area contributed by atoms with Crippen molar-refractivity contribution in [1.82, 2.24) is 10.2 Å². The number of hydrogen-bond acceptors (Lipinski definition) is 3. The minimum absolute atomic E-state index is 0.0129. The van der Waals surface area contributed by atoms with Crippen molar-refractivity contribution in [3.8, 4) is 0 Å². The normalized spacial score (nSPS) is 20.5. The zero-order chi connectivity index (χ0) is 17.7. The number of carbonyl (C=O) groups is 2. The lowest BCUT2D eigenvalue weighted by atomic mass is 10.1. The van der Waals surface area contributed by atoms with E-state index in [-0.39, 0.29) is 17.9 Å². The molecule has 1 aliphatic carbocycles. The van der Waals surface area contributed by atoms with Crippen LogP contribution in [0.4, 0.5) is 4.79 Å². The van der Waals surface area contributed by atoms with Crippen molar-refractivity contribution in [2.45, 2.75) is 58.2 Å². The second-order valence-electron chi connectivity index (χ2n) is 7.53. The van der Waals surface area contributed by atoms with Gasteiger partial charge in [0.05, 0.1) is 0 Å². The van der Waals surface area contributed by atoms with Crippen LogP contribution in [0, 0.1) is 5.92 Å². The van der Waals surface area contributed by atoms with Gasteiger partial charge >= 0.3 is 6.09 Å². The van der Waals surface area contributed by atoms with Crippen molar-refractivity contribution >= 4 is 12.0 Å². The van der Waals surface area contributed by atoms with Crippen LogP contribution in [0.25, 0.3) is 0 Å². The number of nitrogens with one attached hydrogen (secondary N) is 1. The molecule has 0 aliphatic heterocycles. The van der Waals surface area contributed by atoms with Gasteiger partial charge in [-0.15, -0.1) is 0 Å². The first-order valence-corrected chi connectivity index (χ1v) is 8.53. The highest BCUT2D eigenvalue weighted by molar-refractivity contribution is 5.79. The van der Waals surface area contributed by atoms with E-state index in [2.05, 4.69) is 5.32 Å². The number of amides is 2. The summed E-state index contributed by atoms with van der Waals surface area (Å²) in [4.78, 5) is 26.2. The Bertz CT molecular complexity index is 566. The maximum absolute atomic E-state index is 12.6. The molecule has 0 spiro atoms. The third-order valence-electron chi connectivity index (χ3n) is 4.14. The second kappa shape index (κ2) is 7.69. The van der Waals surface area contributed by atoms with E-state index in [4.69, 9.17) is 4.74 Å². The van der Waals surface area contributed by atoms with E-state index >= 15 is 0 Å². The Hall–Kier alpha value is -2.04. The molecular formula is C19H28N2O3. The highest BCUT2D eigenvalue weighted by atomic mass is 16.6. The molecule has 2 atom stereocenters. The number of alkyl carbamates (subject to hydrolysis) is 1. The van der Waals surface area contributed by atoms with Crippen LogP contribution in [0.15, 0.2) is 30.3 Å². The fourth-order valence-electron chi connectivity index (χ4n) is 3.06.